The van der Waals surface area contributed by atoms with E-state index in [0.717, 1.165) is 71.6 Å². The first kappa shape index (κ1) is 32.0. The summed E-state index contributed by atoms with van der Waals surface area (Å²) >= 11 is 0. The van der Waals surface area contributed by atoms with Crippen LogP contribution in [0.5, 0.6) is 0 Å². The van der Waals surface area contributed by atoms with Crippen LogP contribution in [0.25, 0.3) is 111 Å². The fraction of sp³-hybridized carbons (Fsp3) is 0.0566. The van der Waals surface area contributed by atoms with E-state index in [-0.39, 0.29) is 5.41 Å². The molecule has 0 radical (unpaired) electrons. The predicted molar refractivity (Wildman–Crippen MR) is 233 cm³/mol. The van der Waals surface area contributed by atoms with E-state index in [0.29, 0.717) is 11.8 Å². The summed E-state index contributed by atoms with van der Waals surface area (Å²) < 4.78 is 13.0. The highest BCUT2D eigenvalue weighted by atomic mass is 16.4. The topological polar surface area (TPSA) is 52.1 Å². The van der Waals surface area contributed by atoms with Crippen LogP contribution >= 0.6 is 0 Å². The van der Waals surface area contributed by atoms with Crippen LogP contribution in [0.2, 0.25) is 0 Å². The molecule has 1 aliphatic carbocycles. The average molecular weight is 731 g/mol. The molecule has 0 saturated carbocycles. The van der Waals surface area contributed by atoms with Crippen molar-refractivity contribution < 1.29 is 8.83 Å². The number of rotatable bonds is 4. The lowest BCUT2D eigenvalue weighted by Crippen LogP contribution is -2.15. The zero-order valence-electron chi connectivity index (χ0n) is 31.4. The van der Waals surface area contributed by atoms with Gasteiger partial charge in [-0.1, -0.05) is 141 Å². The Balaban J connectivity index is 1.01. The first-order valence-corrected chi connectivity index (χ1v) is 19.5. The number of hydrogen-bond acceptors (Lipinski definition) is 4. The molecular formula is C53H34N2O2. The molecule has 0 spiro atoms. The molecule has 4 heteroatoms. The Morgan fingerprint density at radius 1 is 0.386 bits per heavy atom. The normalized spacial score (nSPS) is 13.2. The van der Waals surface area contributed by atoms with E-state index < -0.39 is 0 Å². The van der Waals surface area contributed by atoms with Gasteiger partial charge in [0.25, 0.3) is 0 Å². The molecule has 2 heterocycles. The van der Waals surface area contributed by atoms with Crippen molar-refractivity contribution in [1.29, 1.82) is 0 Å². The molecule has 9 aromatic carbocycles. The van der Waals surface area contributed by atoms with Crippen LogP contribution in [-0.2, 0) is 5.41 Å². The summed E-state index contributed by atoms with van der Waals surface area (Å²) in [6, 6.07) is 60.3. The van der Waals surface area contributed by atoms with Gasteiger partial charge < -0.3 is 8.83 Å². The summed E-state index contributed by atoms with van der Waals surface area (Å²) in [5.74, 6) is 1.10. The lowest BCUT2D eigenvalue weighted by atomic mass is 9.81. The third kappa shape index (κ3) is 4.87. The molecule has 268 valence electrons. The maximum absolute atomic E-state index is 6.51. The van der Waals surface area contributed by atoms with Gasteiger partial charge in [-0.15, -0.1) is 0 Å². The van der Waals surface area contributed by atoms with Gasteiger partial charge in [-0.05, 0) is 109 Å². The van der Waals surface area contributed by atoms with Crippen molar-refractivity contribution in [2.45, 2.75) is 19.3 Å². The molecule has 57 heavy (non-hydrogen) atoms. The molecule has 0 N–H and O–H groups in total. The largest absolute Gasteiger partial charge is 0.436 e. The van der Waals surface area contributed by atoms with Crippen molar-refractivity contribution in [2.75, 3.05) is 0 Å². The molecule has 0 saturated heterocycles. The van der Waals surface area contributed by atoms with E-state index in [4.69, 9.17) is 18.8 Å². The highest BCUT2D eigenvalue weighted by molar-refractivity contribution is 6.06. The zero-order valence-corrected chi connectivity index (χ0v) is 31.4. The highest BCUT2D eigenvalue weighted by Crippen LogP contribution is 2.52. The Morgan fingerprint density at radius 3 is 1.51 bits per heavy atom. The summed E-state index contributed by atoms with van der Waals surface area (Å²) in [6.45, 7) is 4.70. The smallest absolute Gasteiger partial charge is 0.227 e. The quantitative estimate of drug-likeness (QED) is 0.181. The van der Waals surface area contributed by atoms with Gasteiger partial charge in [-0.25, -0.2) is 9.97 Å². The molecule has 12 rings (SSSR count). The average Bonchev–Trinajstić information content (AvgIpc) is 3.97. The molecule has 0 aliphatic heterocycles. The van der Waals surface area contributed by atoms with Gasteiger partial charge in [0.15, 0.2) is 11.2 Å². The Kier molecular flexibility index (Phi) is 6.65. The molecule has 0 amide bonds. The Morgan fingerprint density at radius 2 is 0.877 bits per heavy atom. The van der Waals surface area contributed by atoms with Crippen molar-refractivity contribution in [3.8, 4) is 56.3 Å². The van der Waals surface area contributed by atoms with Crippen LogP contribution in [0.4, 0.5) is 0 Å². The number of benzene rings is 9. The van der Waals surface area contributed by atoms with Crippen LogP contribution < -0.4 is 0 Å². The molecule has 4 nitrogen and oxygen atoms in total. The van der Waals surface area contributed by atoms with Gasteiger partial charge >= 0.3 is 0 Å². The van der Waals surface area contributed by atoms with Crippen LogP contribution in [0, 0.1) is 0 Å². The molecule has 1 aliphatic rings. The number of nitrogens with zero attached hydrogens (tertiary/aromatic N) is 2. The molecular weight excluding hydrogens is 697 g/mol. The zero-order chi connectivity index (χ0) is 37.8. The maximum Gasteiger partial charge on any atom is 0.227 e. The number of fused-ring (bicyclic) bond motifs is 11. The van der Waals surface area contributed by atoms with Gasteiger partial charge in [-0.3, -0.25) is 0 Å². The van der Waals surface area contributed by atoms with Crippen LogP contribution in [-0.4, -0.2) is 9.97 Å². The summed E-state index contributed by atoms with van der Waals surface area (Å²) in [4.78, 5) is 10.2. The van der Waals surface area contributed by atoms with Crippen LogP contribution in [0.1, 0.15) is 25.0 Å². The fourth-order valence-corrected chi connectivity index (χ4v) is 9.18. The van der Waals surface area contributed by atoms with Gasteiger partial charge in [0.1, 0.15) is 11.0 Å². The second kappa shape index (κ2) is 11.8. The van der Waals surface area contributed by atoms with Crippen molar-refractivity contribution in [2.24, 2.45) is 0 Å². The van der Waals surface area contributed by atoms with Crippen LogP contribution in [0.3, 0.4) is 0 Å². The molecule has 2 aromatic heterocycles. The Labute approximate surface area is 328 Å². The van der Waals surface area contributed by atoms with E-state index >= 15 is 0 Å². The monoisotopic (exact) mass is 730 g/mol. The minimum absolute atomic E-state index is 0.124. The van der Waals surface area contributed by atoms with Crippen molar-refractivity contribution in [1.82, 2.24) is 9.97 Å². The van der Waals surface area contributed by atoms with E-state index in [1.165, 1.54) is 38.6 Å². The second-order valence-corrected chi connectivity index (χ2v) is 15.8. The third-order valence-corrected chi connectivity index (χ3v) is 12.1. The lowest BCUT2D eigenvalue weighted by Gasteiger charge is -2.22. The predicted octanol–water partition coefficient (Wildman–Crippen LogP) is 14.4. The lowest BCUT2D eigenvalue weighted by molar-refractivity contribution is 0.617. The molecule has 0 unspecified atom stereocenters. The fourth-order valence-electron chi connectivity index (χ4n) is 9.18. The van der Waals surface area contributed by atoms with Gasteiger partial charge in [0.05, 0.1) is 0 Å². The van der Waals surface area contributed by atoms with Gasteiger partial charge in [0.2, 0.25) is 11.8 Å². The highest BCUT2D eigenvalue weighted by Gasteiger charge is 2.36. The molecule has 0 bridgehead atoms. The Bertz CT molecular complexity index is 3320. The SMILES string of the molecule is CC1(C)c2cc(-c3cccc(-c4cc(-c5nc6c(ccc7ccccc76)o5)cc(-c5nc6c(ccc7ccccc76)o5)c4)c3)ccc2-c2c1ccc1ccccc21. The summed E-state index contributed by atoms with van der Waals surface area (Å²) in [6.07, 6.45) is 0. The van der Waals surface area contributed by atoms with Crippen molar-refractivity contribution in [3.63, 3.8) is 0 Å². The van der Waals surface area contributed by atoms with Gasteiger partial charge in [-0.2, -0.15) is 0 Å². The van der Waals surface area contributed by atoms with E-state index in [2.05, 4.69) is 147 Å². The number of hydrogen-bond donors (Lipinski definition) is 0. The third-order valence-electron chi connectivity index (χ3n) is 12.1. The van der Waals surface area contributed by atoms with Crippen molar-refractivity contribution in [3.05, 3.63) is 181 Å². The van der Waals surface area contributed by atoms with E-state index in [9.17, 15) is 0 Å². The van der Waals surface area contributed by atoms with Crippen LogP contribution in [0.15, 0.2) is 179 Å². The summed E-state index contributed by atoms with van der Waals surface area (Å²) in [5.41, 5.74) is 14.6. The standard InChI is InChI=1S/C53H34N2O2/c1-53(2)44-23-19-31-10-3-6-15-40(31)48(44)43-22-18-36(30-45(43)53)34-13-9-14-35(26-34)37-27-38(51-54-49-41-16-7-4-11-32(41)20-24-46(49)56-51)29-39(28-37)52-55-50-42-17-8-5-12-33(42)21-25-47(50)57-52/h3-30H,1-2H3. The first-order chi connectivity index (χ1) is 28.0. The number of oxazole rings is 2. The summed E-state index contributed by atoms with van der Waals surface area (Å²) in [7, 11) is 0. The maximum atomic E-state index is 6.51. The minimum Gasteiger partial charge on any atom is -0.436 e. The van der Waals surface area contributed by atoms with E-state index in [1.54, 1.807) is 0 Å². The molecule has 0 atom stereocenters. The molecule has 0 fully saturated rings. The van der Waals surface area contributed by atoms with E-state index in [1.807, 2.05) is 36.4 Å². The second-order valence-electron chi connectivity index (χ2n) is 15.8. The number of aromatic nitrogens is 2. The molecule has 11 aromatic rings. The first-order valence-electron chi connectivity index (χ1n) is 19.5. The summed E-state index contributed by atoms with van der Waals surface area (Å²) in [5, 5.41) is 6.97. The Hall–Kier alpha value is -7.30. The van der Waals surface area contributed by atoms with Crippen molar-refractivity contribution >= 4 is 54.5 Å². The minimum atomic E-state index is -0.124. The van der Waals surface area contributed by atoms with Gasteiger partial charge in [0, 0.05) is 27.3 Å².